The molecule has 0 saturated heterocycles. The van der Waals surface area contributed by atoms with Gasteiger partial charge in [0.2, 0.25) is 0 Å². The Morgan fingerprint density at radius 3 is 2.80 bits per heavy atom. The van der Waals surface area contributed by atoms with Gasteiger partial charge < -0.3 is 10.2 Å². The normalized spacial score (nSPS) is 25.4. The van der Waals surface area contributed by atoms with Crippen LogP contribution in [-0.2, 0) is 0 Å². The van der Waals surface area contributed by atoms with E-state index in [0.717, 1.165) is 0 Å². The van der Waals surface area contributed by atoms with E-state index in [4.69, 9.17) is 19.8 Å². The second-order valence-electron chi connectivity index (χ2n) is 6.58. The van der Waals surface area contributed by atoms with Crippen LogP contribution < -0.4 is 5.32 Å². The fourth-order valence-electron chi connectivity index (χ4n) is 3.41. The van der Waals surface area contributed by atoms with E-state index in [1.807, 2.05) is 0 Å². The minimum absolute atomic E-state index is 0.00618. The van der Waals surface area contributed by atoms with Gasteiger partial charge in [-0.2, -0.15) is 0 Å². The molecular formula is C19H25ClN4O. The van der Waals surface area contributed by atoms with Gasteiger partial charge in [-0.05, 0) is 64.6 Å². The van der Waals surface area contributed by atoms with Crippen LogP contribution in [0.15, 0.2) is 18.3 Å². The molecule has 2 heterocycles. The first-order valence-corrected chi connectivity index (χ1v) is 8.74. The van der Waals surface area contributed by atoms with Crippen molar-refractivity contribution in [3.8, 4) is 0 Å². The molecule has 2 aromatic rings. The molecule has 6 heteroatoms. The highest BCUT2D eigenvalue weighted by molar-refractivity contribution is 6.30. The molecule has 0 amide bonds. The van der Waals surface area contributed by atoms with Crippen molar-refractivity contribution in [2.45, 2.75) is 38.6 Å². The molecule has 2 aromatic heterocycles. The van der Waals surface area contributed by atoms with Crippen molar-refractivity contribution in [1.82, 2.24) is 14.9 Å². The molecule has 0 bridgehead atoms. The predicted octanol–water partition coefficient (Wildman–Crippen LogP) is 4.02. The van der Waals surface area contributed by atoms with E-state index in [1.54, 1.807) is 12.1 Å². The quantitative estimate of drug-likeness (QED) is 0.639. The maximum atomic E-state index is 12.1. The number of ketones is 1. The Morgan fingerprint density at radius 1 is 1.36 bits per heavy atom. The molecule has 0 aromatic carbocycles. The highest BCUT2D eigenvalue weighted by Crippen LogP contribution is 2.31. The summed E-state index contributed by atoms with van der Waals surface area (Å²) in [6.07, 6.45) is 4.29. The Morgan fingerprint density at radius 2 is 2.12 bits per heavy atom. The molecule has 0 spiro atoms. The number of rotatable bonds is 5. The van der Waals surface area contributed by atoms with Crippen molar-refractivity contribution in [2.75, 3.05) is 25.8 Å². The van der Waals surface area contributed by atoms with Crippen molar-refractivity contribution in [1.29, 1.82) is 0 Å². The minimum atomic E-state index is -2.67. The van der Waals surface area contributed by atoms with E-state index >= 15 is 0 Å². The second kappa shape index (κ2) is 7.67. The smallest absolute Gasteiger partial charge is 0.163 e. The van der Waals surface area contributed by atoms with E-state index in [1.165, 1.54) is 13.1 Å². The Bertz CT molecular complexity index is 943. The van der Waals surface area contributed by atoms with Gasteiger partial charge in [0.05, 0.1) is 16.8 Å². The monoisotopic (exact) mass is 366 g/mol. The molecule has 1 aliphatic rings. The zero-order valence-electron chi connectivity index (χ0n) is 20.1. The van der Waals surface area contributed by atoms with Crippen LogP contribution in [0.4, 0.5) is 5.69 Å². The predicted molar refractivity (Wildman–Crippen MR) is 102 cm³/mol. The molecule has 3 rings (SSSR count). The lowest BCUT2D eigenvalue weighted by Crippen LogP contribution is -2.31. The van der Waals surface area contributed by atoms with Crippen LogP contribution in [0.25, 0.3) is 11.0 Å². The zero-order chi connectivity index (χ0) is 23.0. The van der Waals surface area contributed by atoms with Gasteiger partial charge in [-0.3, -0.25) is 9.78 Å². The molecule has 1 saturated carbocycles. The standard InChI is InChI=1S/C19H25ClN4O/c1-12(25)15-10-21-16-8-9-17(20)23-19(16)18(15)22-14-6-4-13(5-7-14)11-24(2)3/h8-10,13-14H,4-7,11H2,1-3H3,(H,21,22)/i2D3,3D3. The second-order valence-corrected chi connectivity index (χ2v) is 6.96. The summed E-state index contributed by atoms with van der Waals surface area (Å²) in [7, 11) is 0. The topological polar surface area (TPSA) is 58.1 Å². The molecule has 0 unspecified atom stereocenters. The lowest BCUT2D eigenvalue weighted by atomic mass is 9.85. The first-order chi connectivity index (χ1) is 14.4. The van der Waals surface area contributed by atoms with Crippen LogP contribution in [0.2, 0.25) is 5.15 Å². The zero-order valence-corrected chi connectivity index (χ0v) is 14.8. The third kappa shape index (κ3) is 4.28. The van der Waals surface area contributed by atoms with E-state index in [2.05, 4.69) is 15.3 Å². The molecule has 134 valence electrons. The number of carbonyl (C=O) groups excluding carboxylic acids is 1. The number of hydrogen-bond acceptors (Lipinski definition) is 5. The third-order valence-corrected chi connectivity index (χ3v) is 4.90. The van der Waals surface area contributed by atoms with Gasteiger partial charge in [0.1, 0.15) is 10.7 Å². The van der Waals surface area contributed by atoms with Gasteiger partial charge in [-0.15, -0.1) is 0 Å². The van der Waals surface area contributed by atoms with Crippen LogP contribution >= 0.6 is 11.6 Å². The molecule has 1 N–H and O–H groups in total. The Hall–Kier alpha value is -1.72. The number of nitrogens with zero attached hydrogens (tertiary/aromatic N) is 3. The van der Waals surface area contributed by atoms with E-state index < -0.39 is 14.0 Å². The van der Waals surface area contributed by atoms with Crippen molar-refractivity contribution >= 4 is 34.1 Å². The molecule has 1 aliphatic carbocycles. The fourth-order valence-corrected chi connectivity index (χ4v) is 3.55. The first-order valence-electron chi connectivity index (χ1n) is 11.4. The number of anilines is 1. The van der Waals surface area contributed by atoms with Gasteiger partial charge in [0.25, 0.3) is 0 Å². The van der Waals surface area contributed by atoms with Crippen LogP contribution in [0.3, 0.4) is 0 Å². The van der Waals surface area contributed by atoms with Crippen LogP contribution in [0.1, 0.15) is 51.2 Å². The number of Topliss-reactive ketones (excluding diaryl/α,β-unsaturated/α-hetero) is 1. The summed E-state index contributed by atoms with van der Waals surface area (Å²) >= 11 is 6.06. The highest BCUT2D eigenvalue weighted by Gasteiger charge is 2.24. The lowest BCUT2D eigenvalue weighted by Gasteiger charge is -2.31. The Balaban J connectivity index is 1.74. The summed E-state index contributed by atoms with van der Waals surface area (Å²) in [6.45, 7) is -3.88. The van der Waals surface area contributed by atoms with Gasteiger partial charge in [-0.25, -0.2) is 4.98 Å². The Labute approximate surface area is 162 Å². The maximum Gasteiger partial charge on any atom is 0.163 e. The molecular weight excluding hydrogens is 336 g/mol. The van der Waals surface area contributed by atoms with Crippen LogP contribution in [0.5, 0.6) is 0 Å². The summed E-state index contributed by atoms with van der Waals surface area (Å²) < 4.78 is 45.2. The van der Waals surface area contributed by atoms with Crippen molar-refractivity contribution in [3.63, 3.8) is 0 Å². The van der Waals surface area contributed by atoms with E-state index in [0.29, 0.717) is 58.0 Å². The van der Waals surface area contributed by atoms with Gasteiger partial charge >= 0.3 is 0 Å². The summed E-state index contributed by atoms with van der Waals surface area (Å²) in [5, 5.41) is 3.72. The van der Waals surface area contributed by atoms with Crippen LogP contribution in [-0.4, -0.2) is 47.2 Å². The largest absolute Gasteiger partial charge is 0.380 e. The molecule has 0 aliphatic heterocycles. The molecule has 1 fully saturated rings. The fraction of sp³-hybridized carbons (Fsp3) is 0.526. The van der Waals surface area contributed by atoms with Crippen LogP contribution in [0, 0.1) is 5.92 Å². The maximum absolute atomic E-state index is 12.1. The number of pyridine rings is 2. The van der Waals surface area contributed by atoms with Crippen molar-refractivity contribution in [2.24, 2.45) is 5.92 Å². The average Bonchev–Trinajstić information content (AvgIpc) is 2.65. The minimum Gasteiger partial charge on any atom is -0.380 e. The number of halogens is 1. The summed E-state index contributed by atoms with van der Waals surface area (Å²) in [6, 6.07) is 3.42. The van der Waals surface area contributed by atoms with Gasteiger partial charge in [-0.1, -0.05) is 11.6 Å². The lowest BCUT2D eigenvalue weighted by molar-refractivity contribution is 0.101. The molecule has 25 heavy (non-hydrogen) atoms. The number of fused-ring (bicyclic) bond motifs is 1. The number of hydrogen-bond donors (Lipinski definition) is 1. The van der Waals surface area contributed by atoms with E-state index in [9.17, 15) is 4.79 Å². The summed E-state index contributed by atoms with van der Waals surface area (Å²) in [5.74, 6) is -0.175. The number of carbonyl (C=O) groups is 1. The SMILES string of the molecule is [2H]C([2H])([2H])N(CC1CCC(Nc2c(C(C)=O)cnc3ccc(Cl)nc23)CC1)C([2H])([2H])[2H]. The summed E-state index contributed by atoms with van der Waals surface area (Å²) in [5.41, 5.74) is 2.17. The third-order valence-electron chi connectivity index (χ3n) is 4.69. The van der Waals surface area contributed by atoms with Crippen molar-refractivity contribution in [3.05, 3.63) is 29.0 Å². The number of nitrogens with one attached hydrogen (secondary N) is 1. The average molecular weight is 367 g/mol. The molecule has 0 radical (unpaired) electrons. The first kappa shape index (κ1) is 11.8. The highest BCUT2D eigenvalue weighted by atomic mass is 35.5. The van der Waals surface area contributed by atoms with E-state index in [-0.39, 0.29) is 24.3 Å². The summed E-state index contributed by atoms with van der Waals surface area (Å²) in [4.78, 5) is 21.4. The van der Waals surface area contributed by atoms with Gasteiger partial charge in [0.15, 0.2) is 5.78 Å². The Kier molecular flexibility index (Phi) is 3.62. The van der Waals surface area contributed by atoms with Gasteiger partial charge in [0, 0.05) is 27.0 Å². The number of aromatic nitrogens is 2. The molecule has 0 atom stereocenters. The molecule has 5 nitrogen and oxygen atoms in total. The van der Waals surface area contributed by atoms with Crippen molar-refractivity contribution < 1.29 is 13.0 Å².